The summed E-state index contributed by atoms with van der Waals surface area (Å²) in [4.78, 5) is 31.5. The Morgan fingerprint density at radius 3 is 2.34 bits per heavy atom. The third-order valence-corrected chi connectivity index (χ3v) is 6.07. The van der Waals surface area contributed by atoms with Crippen molar-refractivity contribution in [2.75, 3.05) is 44.2 Å². The number of anilines is 1. The quantitative estimate of drug-likeness (QED) is 0.787. The molecule has 0 aliphatic carbocycles. The van der Waals surface area contributed by atoms with Crippen molar-refractivity contribution in [3.63, 3.8) is 0 Å². The van der Waals surface area contributed by atoms with Gasteiger partial charge in [-0.05, 0) is 31.0 Å². The second-order valence-electron chi connectivity index (χ2n) is 8.12. The molecular formula is C24H29N3O2. The fourth-order valence-corrected chi connectivity index (χ4v) is 4.25. The third-order valence-electron chi connectivity index (χ3n) is 6.07. The molecule has 4 rings (SSSR count). The van der Waals surface area contributed by atoms with Crippen LogP contribution in [0, 0.1) is 12.8 Å². The van der Waals surface area contributed by atoms with Crippen molar-refractivity contribution in [1.82, 2.24) is 9.80 Å². The van der Waals surface area contributed by atoms with Gasteiger partial charge in [0.05, 0.1) is 5.92 Å². The Balaban J connectivity index is 1.27. The summed E-state index contributed by atoms with van der Waals surface area (Å²) in [7, 11) is 0. The summed E-state index contributed by atoms with van der Waals surface area (Å²) in [5, 5.41) is 0. The minimum Gasteiger partial charge on any atom is -0.368 e. The van der Waals surface area contributed by atoms with Gasteiger partial charge in [0.2, 0.25) is 11.8 Å². The molecule has 2 fully saturated rings. The van der Waals surface area contributed by atoms with Gasteiger partial charge in [-0.1, -0.05) is 48.0 Å². The van der Waals surface area contributed by atoms with Gasteiger partial charge < -0.3 is 14.7 Å². The number of carbonyl (C=O) groups is 2. The van der Waals surface area contributed by atoms with Crippen LogP contribution >= 0.6 is 0 Å². The zero-order chi connectivity index (χ0) is 20.2. The van der Waals surface area contributed by atoms with Gasteiger partial charge in [-0.25, -0.2) is 0 Å². The average molecular weight is 392 g/mol. The number of likely N-dealkylation sites (tertiary alicyclic amines) is 1. The Bertz CT molecular complexity index is 842. The van der Waals surface area contributed by atoms with E-state index >= 15 is 0 Å². The number of benzene rings is 2. The first-order valence-electron chi connectivity index (χ1n) is 10.5. The Hall–Kier alpha value is -2.82. The SMILES string of the molecule is Cc1ccc(CCN2CC(C(=O)N3CCN(c4ccccc4)CC3)CC2=O)cc1. The molecule has 0 N–H and O–H groups in total. The summed E-state index contributed by atoms with van der Waals surface area (Å²) in [6.45, 7) is 6.45. The lowest BCUT2D eigenvalue weighted by atomic mass is 10.1. The molecule has 0 spiro atoms. The first-order valence-corrected chi connectivity index (χ1v) is 10.5. The van der Waals surface area contributed by atoms with Crippen LogP contribution in [0.15, 0.2) is 54.6 Å². The Morgan fingerprint density at radius 2 is 1.66 bits per heavy atom. The van der Waals surface area contributed by atoms with E-state index in [-0.39, 0.29) is 17.7 Å². The molecule has 0 aromatic heterocycles. The number of carbonyl (C=O) groups excluding carboxylic acids is 2. The molecule has 2 aromatic rings. The molecule has 152 valence electrons. The maximum Gasteiger partial charge on any atom is 0.228 e. The lowest BCUT2D eigenvalue weighted by Gasteiger charge is -2.37. The van der Waals surface area contributed by atoms with Gasteiger partial charge in [0.1, 0.15) is 0 Å². The summed E-state index contributed by atoms with van der Waals surface area (Å²) >= 11 is 0. The van der Waals surface area contributed by atoms with Gasteiger partial charge >= 0.3 is 0 Å². The van der Waals surface area contributed by atoms with Gasteiger partial charge in [0, 0.05) is 51.4 Å². The van der Waals surface area contributed by atoms with Crippen molar-refractivity contribution in [3.05, 3.63) is 65.7 Å². The molecule has 0 radical (unpaired) electrons. The monoisotopic (exact) mass is 391 g/mol. The highest BCUT2D eigenvalue weighted by Gasteiger charge is 2.37. The minimum atomic E-state index is -0.191. The zero-order valence-electron chi connectivity index (χ0n) is 17.1. The van der Waals surface area contributed by atoms with Gasteiger partial charge in [0.15, 0.2) is 0 Å². The lowest BCUT2D eigenvalue weighted by molar-refractivity contribution is -0.136. The van der Waals surface area contributed by atoms with E-state index in [4.69, 9.17) is 0 Å². The van der Waals surface area contributed by atoms with Gasteiger partial charge in [0.25, 0.3) is 0 Å². The predicted molar refractivity (Wildman–Crippen MR) is 115 cm³/mol. The number of rotatable bonds is 5. The molecule has 2 aromatic carbocycles. The molecule has 2 amide bonds. The van der Waals surface area contributed by atoms with E-state index in [9.17, 15) is 9.59 Å². The summed E-state index contributed by atoms with van der Waals surface area (Å²) in [5.74, 6) is 0.0612. The molecule has 5 nitrogen and oxygen atoms in total. The average Bonchev–Trinajstić information content (AvgIpc) is 3.14. The van der Waals surface area contributed by atoms with E-state index in [1.807, 2.05) is 28.0 Å². The fourth-order valence-electron chi connectivity index (χ4n) is 4.25. The molecule has 2 aliphatic heterocycles. The van der Waals surface area contributed by atoms with Crippen LogP contribution in [0.2, 0.25) is 0 Å². The molecule has 0 saturated carbocycles. The summed E-state index contributed by atoms with van der Waals surface area (Å²) in [6.07, 6.45) is 1.19. The molecule has 2 aliphatic rings. The number of amides is 2. The number of piperazine rings is 1. The van der Waals surface area contributed by atoms with Crippen molar-refractivity contribution in [2.24, 2.45) is 5.92 Å². The largest absolute Gasteiger partial charge is 0.368 e. The maximum absolute atomic E-state index is 13.0. The van der Waals surface area contributed by atoms with Crippen LogP contribution in [0.25, 0.3) is 0 Å². The van der Waals surface area contributed by atoms with Crippen LogP contribution in [0.3, 0.4) is 0 Å². The topological polar surface area (TPSA) is 43.9 Å². The van der Waals surface area contributed by atoms with Crippen LogP contribution < -0.4 is 4.90 Å². The van der Waals surface area contributed by atoms with Crippen LogP contribution in [0.4, 0.5) is 5.69 Å². The molecule has 2 saturated heterocycles. The number of nitrogens with zero attached hydrogens (tertiary/aromatic N) is 3. The van der Waals surface area contributed by atoms with Crippen LogP contribution in [-0.4, -0.2) is 60.9 Å². The highest BCUT2D eigenvalue weighted by Crippen LogP contribution is 2.22. The Labute approximate surface area is 172 Å². The smallest absolute Gasteiger partial charge is 0.228 e. The van der Waals surface area contributed by atoms with Crippen molar-refractivity contribution >= 4 is 17.5 Å². The highest BCUT2D eigenvalue weighted by molar-refractivity contribution is 5.89. The zero-order valence-corrected chi connectivity index (χ0v) is 17.1. The second kappa shape index (κ2) is 8.68. The minimum absolute atomic E-state index is 0.110. The van der Waals surface area contributed by atoms with E-state index < -0.39 is 0 Å². The van der Waals surface area contributed by atoms with E-state index in [1.54, 1.807) is 0 Å². The van der Waals surface area contributed by atoms with E-state index in [0.29, 0.717) is 19.5 Å². The Kier molecular flexibility index (Phi) is 5.84. The molecule has 2 heterocycles. The van der Waals surface area contributed by atoms with Crippen molar-refractivity contribution in [1.29, 1.82) is 0 Å². The number of para-hydroxylation sites is 1. The van der Waals surface area contributed by atoms with Crippen molar-refractivity contribution in [2.45, 2.75) is 19.8 Å². The predicted octanol–water partition coefficient (Wildman–Crippen LogP) is 2.73. The Morgan fingerprint density at radius 1 is 0.966 bits per heavy atom. The van der Waals surface area contributed by atoms with Crippen molar-refractivity contribution in [3.8, 4) is 0 Å². The summed E-state index contributed by atoms with van der Waals surface area (Å²) in [6, 6.07) is 18.8. The first kappa shape index (κ1) is 19.5. The van der Waals surface area contributed by atoms with Gasteiger partial charge in [-0.15, -0.1) is 0 Å². The lowest BCUT2D eigenvalue weighted by Crippen LogP contribution is -2.50. The third kappa shape index (κ3) is 4.61. The first-order chi connectivity index (χ1) is 14.1. The van der Waals surface area contributed by atoms with Crippen LogP contribution in [0.5, 0.6) is 0 Å². The molecule has 0 bridgehead atoms. The maximum atomic E-state index is 13.0. The van der Waals surface area contributed by atoms with E-state index in [2.05, 4.69) is 48.2 Å². The summed E-state index contributed by atoms with van der Waals surface area (Å²) < 4.78 is 0. The highest BCUT2D eigenvalue weighted by atomic mass is 16.2. The van der Waals surface area contributed by atoms with E-state index in [0.717, 1.165) is 32.6 Å². The molecule has 5 heteroatoms. The number of hydrogen-bond acceptors (Lipinski definition) is 3. The standard InChI is InChI=1S/C24H29N3O2/c1-19-7-9-20(10-8-19)11-12-27-18-21(17-23(27)28)24(29)26-15-13-25(14-16-26)22-5-3-2-4-6-22/h2-10,21H,11-18H2,1H3. The fraction of sp³-hybridized carbons (Fsp3) is 0.417. The van der Waals surface area contributed by atoms with E-state index in [1.165, 1.54) is 16.8 Å². The van der Waals surface area contributed by atoms with Crippen LogP contribution in [0.1, 0.15) is 17.5 Å². The molecule has 29 heavy (non-hydrogen) atoms. The number of hydrogen-bond donors (Lipinski definition) is 0. The molecule has 1 unspecified atom stereocenters. The molecule has 1 atom stereocenters. The second-order valence-corrected chi connectivity index (χ2v) is 8.12. The normalized spacial score (nSPS) is 19.7. The van der Waals surface area contributed by atoms with Gasteiger partial charge in [-0.3, -0.25) is 9.59 Å². The van der Waals surface area contributed by atoms with Crippen LogP contribution in [-0.2, 0) is 16.0 Å². The molecular weight excluding hydrogens is 362 g/mol. The number of aryl methyl sites for hydroxylation is 1. The van der Waals surface area contributed by atoms with Gasteiger partial charge in [-0.2, -0.15) is 0 Å². The summed E-state index contributed by atoms with van der Waals surface area (Å²) in [5.41, 5.74) is 3.68. The van der Waals surface area contributed by atoms with Crippen molar-refractivity contribution < 1.29 is 9.59 Å².